The zero-order valence-corrected chi connectivity index (χ0v) is 13.9. The molecule has 1 aromatic heterocycles. The summed E-state index contributed by atoms with van der Waals surface area (Å²) in [6, 6.07) is 17.1. The predicted octanol–water partition coefficient (Wildman–Crippen LogP) is 4.48. The third kappa shape index (κ3) is 3.22. The van der Waals surface area contributed by atoms with E-state index >= 15 is 0 Å². The van der Waals surface area contributed by atoms with Crippen molar-refractivity contribution in [1.82, 2.24) is 14.8 Å². The van der Waals surface area contributed by atoms with E-state index in [1.165, 1.54) is 16.7 Å². The Morgan fingerprint density at radius 1 is 0.909 bits per heavy atom. The second-order valence-electron chi connectivity index (χ2n) is 5.48. The first-order chi connectivity index (χ1) is 10.6. The summed E-state index contributed by atoms with van der Waals surface area (Å²) in [5.74, 6) is 1.81. The second-order valence-corrected chi connectivity index (χ2v) is 6.42. The Balaban J connectivity index is 1.84. The van der Waals surface area contributed by atoms with Crippen molar-refractivity contribution in [2.24, 2.45) is 0 Å². The van der Waals surface area contributed by atoms with Gasteiger partial charge in [0.1, 0.15) is 5.82 Å². The first-order valence-corrected chi connectivity index (χ1v) is 8.29. The lowest BCUT2D eigenvalue weighted by molar-refractivity contribution is 0.867. The van der Waals surface area contributed by atoms with Gasteiger partial charge in [-0.25, -0.2) is 0 Å². The highest BCUT2D eigenvalue weighted by atomic mass is 32.2. The van der Waals surface area contributed by atoms with Crippen molar-refractivity contribution in [3.8, 4) is 5.69 Å². The molecule has 1 heterocycles. The lowest BCUT2D eigenvalue weighted by Crippen LogP contribution is -1.99. The Labute approximate surface area is 135 Å². The molecule has 2 aromatic carbocycles. The van der Waals surface area contributed by atoms with Crippen molar-refractivity contribution < 1.29 is 0 Å². The van der Waals surface area contributed by atoms with Crippen molar-refractivity contribution >= 4 is 11.8 Å². The number of aromatic nitrogens is 3. The molecule has 3 aromatic rings. The van der Waals surface area contributed by atoms with Crippen LogP contribution >= 0.6 is 11.8 Å². The van der Waals surface area contributed by atoms with Crippen LogP contribution in [0, 0.1) is 20.8 Å². The van der Waals surface area contributed by atoms with E-state index < -0.39 is 0 Å². The van der Waals surface area contributed by atoms with Crippen molar-refractivity contribution in [3.63, 3.8) is 0 Å². The number of hydrogen-bond acceptors (Lipinski definition) is 3. The molecule has 3 nitrogen and oxygen atoms in total. The van der Waals surface area contributed by atoms with Gasteiger partial charge in [0.2, 0.25) is 0 Å². The van der Waals surface area contributed by atoms with Gasteiger partial charge in [-0.2, -0.15) is 0 Å². The molecule has 22 heavy (non-hydrogen) atoms. The van der Waals surface area contributed by atoms with Crippen LogP contribution in [0.2, 0.25) is 0 Å². The zero-order valence-electron chi connectivity index (χ0n) is 13.1. The molecule has 0 amide bonds. The van der Waals surface area contributed by atoms with Crippen LogP contribution in [0.15, 0.2) is 53.7 Å². The molecule has 0 saturated heterocycles. The molecule has 0 saturated carbocycles. The molecule has 0 aliphatic rings. The Kier molecular flexibility index (Phi) is 4.29. The average Bonchev–Trinajstić information content (AvgIpc) is 2.87. The highest BCUT2D eigenvalue weighted by molar-refractivity contribution is 7.98. The Morgan fingerprint density at radius 2 is 1.68 bits per heavy atom. The van der Waals surface area contributed by atoms with Crippen molar-refractivity contribution in [1.29, 1.82) is 0 Å². The van der Waals surface area contributed by atoms with E-state index in [-0.39, 0.29) is 0 Å². The van der Waals surface area contributed by atoms with Crippen LogP contribution in [0.3, 0.4) is 0 Å². The number of hydrogen-bond donors (Lipinski definition) is 0. The molecule has 0 fully saturated rings. The minimum atomic E-state index is 0.893. The van der Waals surface area contributed by atoms with Crippen LogP contribution in [0.5, 0.6) is 0 Å². The maximum atomic E-state index is 4.33. The van der Waals surface area contributed by atoms with Crippen molar-refractivity contribution in [2.45, 2.75) is 31.7 Å². The first kappa shape index (κ1) is 14.9. The second kappa shape index (κ2) is 6.36. The minimum Gasteiger partial charge on any atom is -0.274 e. The number of thioether (sulfide) groups is 1. The monoisotopic (exact) mass is 309 g/mol. The predicted molar refractivity (Wildman–Crippen MR) is 91.6 cm³/mol. The Hall–Kier alpha value is -2.07. The molecule has 112 valence electrons. The van der Waals surface area contributed by atoms with Gasteiger partial charge in [0.05, 0.1) is 0 Å². The van der Waals surface area contributed by atoms with E-state index in [2.05, 4.69) is 77.1 Å². The fraction of sp³-hybridized carbons (Fsp3) is 0.222. The van der Waals surface area contributed by atoms with Gasteiger partial charge in [-0.3, -0.25) is 4.57 Å². The Bertz CT molecular complexity index is 775. The molecule has 3 rings (SSSR count). The van der Waals surface area contributed by atoms with Gasteiger partial charge in [0, 0.05) is 11.4 Å². The van der Waals surface area contributed by atoms with E-state index in [4.69, 9.17) is 0 Å². The van der Waals surface area contributed by atoms with E-state index in [0.717, 1.165) is 22.4 Å². The van der Waals surface area contributed by atoms with Gasteiger partial charge in [-0.05, 0) is 44.0 Å². The molecule has 4 heteroatoms. The standard InChI is InChI=1S/C18H19N3S/c1-13-7-9-16(10-8-13)12-22-18-20-19-15(3)21(18)17-6-4-5-14(2)11-17/h4-11H,12H2,1-3H3. The molecule has 0 radical (unpaired) electrons. The van der Waals surface area contributed by atoms with Gasteiger partial charge < -0.3 is 0 Å². The molecular formula is C18H19N3S. The summed E-state index contributed by atoms with van der Waals surface area (Å²) in [4.78, 5) is 0. The van der Waals surface area contributed by atoms with Crippen LogP contribution in [0.1, 0.15) is 22.5 Å². The van der Waals surface area contributed by atoms with E-state index in [9.17, 15) is 0 Å². The van der Waals surface area contributed by atoms with Crippen LogP contribution in [-0.4, -0.2) is 14.8 Å². The van der Waals surface area contributed by atoms with Gasteiger partial charge in [0.25, 0.3) is 0 Å². The van der Waals surface area contributed by atoms with E-state index in [1.807, 2.05) is 6.92 Å². The summed E-state index contributed by atoms with van der Waals surface area (Å²) in [6.45, 7) is 6.20. The molecule has 0 aliphatic carbocycles. The van der Waals surface area contributed by atoms with Crippen molar-refractivity contribution in [3.05, 3.63) is 71.0 Å². The van der Waals surface area contributed by atoms with Gasteiger partial charge in [0.15, 0.2) is 5.16 Å². The van der Waals surface area contributed by atoms with E-state index in [0.29, 0.717) is 0 Å². The van der Waals surface area contributed by atoms with E-state index in [1.54, 1.807) is 11.8 Å². The van der Waals surface area contributed by atoms with Crippen LogP contribution in [0.4, 0.5) is 0 Å². The SMILES string of the molecule is Cc1ccc(CSc2nnc(C)n2-c2cccc(C)c2)cc1. The maximum Gasteiger partial charge on any atom is 0.196 e. The van der Waals surface area contributed by atoms with Crippen LogP contribution < -0.4 is 0 Å². The lowest BCUT2D eigenvalue weighted by atomic mass is 10.2. The normalized spacial score (nSPS) is 10.9. The average molecular weight is 309 g/mol. The molecule has 0 spiro atoms. The quantitative estimate of drug-likeness (QED) is 0.666. The first-order valence-electron chi connectivity index (χ1n) is 7.31. The molecular weight excluding hydrogens is 290 g/mol. The summed E-state index contributed by atoms with van der Waals surface area (Å²) < 4.78 is 2.12. The third-order valence-electron chi connectivity index (χ3n) is 3.54. The summed E-state index contributed by atoms with van der Waals surface area (Å²) in [5, 5.41) is 9.51. The zero-order chi connectivity index (χ0) is 15.5. The highest BCUT2D eigenvalue weighted by Gasteiger charge is 2.11. The van der Waals surface area contributed by atoms with Crippen LogP contribution in [0.25, 0.3) is 5.69 Å². The number of benzene rings is 2. The fourth-order valence-corrected chi connectivity index (χ4v) is 3.29. The largest absolute Gasteiger partial charge is 0.274 e. The van der Waals surface area contributed by atoms with Gasteiger partial charge >= 0.3 is 0 Å². The van der Waals surface area contributed by atoms with Gasteiger partial charge in [-0.1, -0.05) is 53.7 Å². The number of rotatable bonds is 4. The molecule has 0 aliphatic heterocycles. The maximum absolute atomic E-state index is 4.33. The van der Waals surface area contributed by atoms with Gasteiger partial charge in [-0.15, -0.1) is 10.2 Å². The third-order valence-corrected chi connectivity index (χ3v) is 4.54. The number of aryl methyl sites for hydroxylation is 3. The lowest BCUT2D eigenvalue weighted by Gasteiger charge is -2.09. The number of nitrogens with zero attached hydrogens (tertiary/aromatic N) is 3. The summed E-state index contributed by atoms with van der Waals surface area (Å²) in [6.07, 6.45) is 0. The Morgan fingerprint density at radius 3 is 2.41 bits per heavy atom. The summed E-state index contributed by atoms with van der Waals surface area (Å²) in [5.41, 5.74) is 4.94. The fourth-order valence-electron chi connectivity index (χ4n) is 2.33. The van der Waals surface area contributed by atoms with Crippen molar-refractivity contribution in [2.75, 3.05) is 0 Å². The molecule has 0 atom stereocenters. The smallest absolute Gasteiger partial charge is 0.196 e. The topological polar surface area (TPSA) is 30.7 Å². The van der Waals surface area contributed by atoms with Crippen LogP contribution in [-0.2, 0) is 5.75 Å². The molecule has 0 N–H and O–H groups in total. The molecule has 0 bridgehead atoms. The summed E-state index contributed by atoms with van der Waals surface area (Å²) in [7, 11) is 0. The highest BCUT2D eigenvalue weighted by Crippen LogP contribution is 2.25. The summed E-state index contributed by atoms with van der Waals surface area (Å²) >= 11 is 1.72. The molecule has 0 unspecified atom stereocenters. The minimum absolute atomic E-state index is 0.893.